The normalized spacial score (nSPS) is 23.1. The van der Waals surface area contributed by atoms with Crippen molar-refractivity contribution in [2.24, 2.45) is 0 Å². The number of rotatable bonds is 2. The molecule has 1 atom stereocenters. The number of aromatic nitrogens is 1. The number of fused-ring (bicyclic) bond motifs is 1. The van der Waals surface area contributed by atoms with Crippen LogP contribution in [0, 0.1) is 23.3 Å². The molecular formula is C21H18F6N2O2. The van der Waals surface area contributed by atoms with Gasteiger partial charge in [0.2, 0.25) is 5.89 Å². The summed E-state index contributed by atoms with van der Waals surface area (Å²) in [6.45, 7) is 3.41. The minimum absolute atomic E-state index is 0.0108. The summed E-state index contributed by atoms with van der Waals surface area (Å²) in [5.41, 5.74) is -5.50. The van der Waals surface area contributed by atoms with Crippen LogP contribution >= 0.6 is 0 Å². The number of hydrogen-bond acceptors (Lipinski definition) is 4. The Balaban J connectivity index is 1.91. The summed E-state index contributed by atoms with van der Waals surface area (Å²) in [7, 11) is 0. The van der Waals surface area contributed by atoms with E-state index in [-0.39, 0.29) is 24.3 Å². The number of ether oxygens (including phenoxy) is 1. The highest BCUT2D eigenvalue weighted by molar-refractivity contribution is 5.76. The largest absolute Gasteiger partial charge is 0.436 e. The Bertz CT molecular complexity index is 1140. The molecule has 0 spiro atoms. The smallest absolute Gasteiger partial charge is 0.297 e. The van der Waals surface area contributed by atoms with Crippen LogP contribution < -0.4 is 5.32 Å². The molecule has 3 aromatic rings. The number of nitrogens with zero attached hydrogens (tertiary/aromatic N) is 1. The molecule has 0 unspecified atom stereocenters. The second-order valence-corrected chi connectivity index (χ2v) is 8.05. The minimum Gasteiger partial charge on any atom is -0.436 e. The lowest BCUT2D eigenvalue weighted by Gasteiger charge is -2.44. The van der Waals surface area contributed by atoms with E-state index in [9.17, 15) is 17.6 Å². The molecule has 31 heavy (non-hydrogen) atoms. The highest BCUT2D eigenvalue weighted by Crippen LogP contribution is 2.48. The predicted molar refractivity (Wildman–Crippen MR) is 99.6 cm³/mol. The predicted octanol–water partition coefficient (Wildman–Crippen LogP) is 5.30. The summed E-state index contributed by atoms with van der Waals surface area (Å²) >= 11 is 0. The molecule has 1 N–H and O–H groups in total. The van der Waals surface area contributed by atoms with Crippen molar-refractivity contribution in [2.45, 2.75) is 37.8 Å². The highest BCUT2D eigenvalue weighted by atomic mass is 19.3. The summed E-state index contributed by atoms with van der Waals surface area (Å²) in [5.74, 6) is -8.79. The summed E-state index contributed by atoms with van der Waals surface area (Å²) < 4.78 is 97.8. The molecule has 166 valence electrons. The van der Waals surface area contributed by atoms with Gasteiger partial charge in [0.15, 0.2) is 17.2 Å². The van der Waals surface area contributed by atoms with Crippen molar-refractivity contribution in [1.82, 2.24) is 10.3 Å². The van der Waals surface area contributed by atoms with E-state index < -0.39 is 57.3 Å². The van der Waals surface area contributed by atoms with E-state index in [4.69, 9.17) is 9.15 Å². The van der Waals surface area contributed by atoms with Crippen LogP contribution in [0.1, 0.15) is 26.3 Å². The highest BCUT2D eigenvalue weighted by Gasteiger charge is 2.63. The molecular weight excluding hydrogens is 426 g/mol. The van der Waals surface area contributed by atoms with Gasteiger partial charge in [-0.1, -0.05) is 0 Å². The quantitative estimate of drug-likeness (QED) is 0.545. The number of alkyl halides is 2. The van der Waals surface area contributed by atoms with Crippen molar-refractivity contribution in [3.63, 3.8) is 0 Å². The van der Waals surface area contributed by atoms with Crippen LogP contribution in [0.5, 0.6) is 0 Å². The van der Waals surface area contributed by atoms with Gasteiger partial charge in [0.05, 0.1) is 12.2 Å². The first-order valence-corrected chi connectivity index (χ1v) is 9.40. The van der Waals surface area contributed by atoms with Crippen molar-refractivity contribution in [2.75, 3.05) is 13.2 Å². The molecule has 0 aliphatic carbocycles. The summed E-state index contributed by atoms with van der Waals surface area (Å²) in [6, 6.07) is 2.79. The van der Waals surface area contributed by atoms with Crippen LogP contribution in [0.2, 0.25) is 0 Å². The van der Waals surface area contributed by atoms with Crippen molar-refractivity contribution >= 4 is 11.1 Å². The second kappa shape index (κ2) is 6.96. The van der Waals surface area contributed by atoms with Gasteiger partial charge >= 0.3 is 0 Å². The maximum Gasteiger partial charge on any atom is 0.297 e. The Morgan fingerprint density at radius 2 is 1.58 bits per heavy atom. The van der Waals surface area contributed by atoms with Gasteiger partial charge in [-0.25, -0.2) is 31.3 Å². The van der Waals surface area contributed by atoms with Gasteiger partial charge < -0.3 is 14.5 Å². The van der Waals surface area contributed by atoms with Crippen LogP contribution in [0.3, 0.4) is 0 Å². The Hall–Kier alpha value is -2.59. The average Bonchev–Trinajstić information content (AvgIpc) is 3.04. The van der Waals surface area contributed by atoms with Crippen molar-refractivity contribution < 1.29 is 35.5 Å². The molecule has 4 nitrogen and oxygen atoms in total. The van der Waals surface area contributed by atoms with Crippen LogP contribution in [0.15, 0.2) is 28.7 Å². The molecule has 10 heteroatoms. The number of oxazole rings is 1. The summed E-state index contributed by atoms with van der Waals surface area (Å²) in [4.78, 5) is 3.90. The average molecular weight is 444 g/mol. The van der Waals surface area contributed by atoms with Crippen LogP contribution in [-0.2, 0) is 10.3 Å². The first-order chi connectivity index (χ1) is 14.4. The molecule has 4 rings (SSSR count). The van der Waals surface area contributed by atoms with Gasteiger partial charge in [0.1, 0.15) is 28.3 Å². The van der Waals surface area contributed by atoms with E-state index in [1.54, 1.807) is 0 Å². The standard InChI is InChI=1S/C21H18F6N2O2/c1-19(2)21(26,27)20(3,28-4-5-30-19)11-6-10(12(22)7-13(11)23)18-29-16-8-14(24)15(25)9-17(16)31-18/h6-9,28H,4-5H2,1-3H3/t20-/m1/s1. The van der Waals surface area contributed by atoms with Gasteiger partial charge in [-0.05, 0) is 26.8 Å². The topological polar surface area (TPSA) is 47.3 Å². The van der Waals surface area contributed by atoms with E-state index in [0.717, 1.165) is 25.1 Å². The first-order valence-electron chi connectivity index (χ1n) is 9.40. The maximum atomic E-state index is 15.5. The van der Waals surface area contributed by atoms with Crippen LogP contribution in [-0.4, -0.2) is 29.7 Å². The van der Waals surface area contributed by atoms with Gasteiger partial charge in [-0.2, -0.15) is 0 Å². The van der Waals surface area contributed by atoms with Crippen LogP contribution in [0.25, 0.3) is 22.6 Å². The minimum atomic E-state index is -3.62. The van der Waals surface area contributed by atoms with Crippen molar-refractivity contribution in [3.8, 4) is 11.5 Å². The first kappa shape index (κ1) is 21.6. The Morgan fingerprint density at radius 3 is 2.29 bits per heavy atom. The maximum absolute atomic E-state index is 15.5. The molecule has 2 aromatic carbocycles. The zero-order valence-corrected chi connectivity index (χ0v) is 16.8. The molecule has 1 fully saturated rings. The van der Waals surface area contributed by atoms with E-state index in [1.165, 1.54) is 13.8 Å². The van der Waals surface area contributed by atoms with E-state index in [2.05, 4.69) is 10.3 Å². The monoisotopic (exact) mass is 444 g/mol. The third-order valence-electron chi connectivity index (χ3n) is 5.68. The fourth-order valence-corrected chi connectivity index (χ4v) is 3.81. The molecule has 1 saturated heterocycles. The van der Waals surface area contributed by atoms with Crippen molar-refractivity contribution in [1.29, 1.82) is 0 Å². The number of hydrogen-bond donors (Lipinski definition) is 1. The third kappa shape index (κ3) is 3.20. The Labute approximate surface area is 173 Å². The van der Waals surface area contributed by atoms with E-state index in [0.29, 0.717) is 6.07 Å². The lowest BCUT2D eigenvalue weighted by Crippen LogP contribution is -2.62. The molecule has 2 heterocycles. The van der Waals surface area contributed by atoms with Crippen molar-refractivity contribution in [3.05, 3.63) is 53.1 Å². The molecule has 0 bridgehead atoms. The van der Waals surface area contributed by atoms with Gasteiger partial charge in [-0.15, -0.1) is 0 Å². The molecule has 0 saturated carbocycles. The SMILES string of the molecule is CC1(C)OCCN[C@](C)(c2cc(-c3nc4cc(F)c(F)cc4o3)c(F)cc2F)C1(F)F. The lowest BCUT2D eigenvalue weighted by molar-refractivity contribution is -0.216. The fourth-order valence-electron chi connectivity index (χ4n) is 3.81. The number of nitrogens with one attached hydrogen (secondary N) is 1. The zero-order valence-electron chi connectivity index (χ0n) is 16.8. The molecule has 0 amide bonds. The lowest BCUT2D eigenvalue weighted by atomic mass is 9.77. The molecule has 1 aliphatic heterocycles. The van der Waals surface area contributed by atoms with E-state index >= 15 is 8.78 Å². The molecule has 1 aromatic heterocycles. The van der Waals surface area contributed by atoms with Gasteiger partial charge in [0.25, 0.3) is 5.92 Å². The molecule has 1 aliphatic rings. The number of halogens is 6. The summed E-state index contributed by atoms with van der Waals surface area (Å²) in [5, 5.41) is 2.61. The Morgan fingerprint density at radius 1 is 0.903 bits per heavy atom. The summed E-state index contributed by atoms with van der Waals surface area (Å²) in [6.07, 6.45) is 0. The van der Waals surface area contributed by atoms with Crippen LogP contribution in [0.4, 0.5) is 26.3 Å². The zero-order chi connectivity index (χ0) is 22.8. The third-order valence-corrected chi connectivity index (χ3v) is 5.68. The molecule has 0 radical (unpaired) electrons. The van der Waals surface area contributed by atoms with E-state index in [1.807, 2.05) is 0 Å². The second-order valence-electron chi connectivity index (χ2n) is 8.05. The number of benzene rings is 2. The van der Waals surface area contributed by atoms with Gasteiger partial charge in [0, 0.05) is 30.3 Å². The fraction of sp³-hybridized carbons (Fsp3) is 0.381. The Kier molecular flexibility index (Phi) is 4.86. The van der Waals surface area contributed by atoms with Gasteiger partial charge in [-0.3, -0.25) is 0 Å².